The Balaban J connectivity index is 3.61. The Hall–Kier alpha value is -0.180. The summed E-state index contributed by atoms with van der Waals surface area (Å²) in [4.78, 5) is 0. The van der Waals surface area contributed by atoms with Crippen LogP contribution in [-0.2, 0) is 4.74 Å². The van der Waals surface area contributed by atoms with Crippen molar-refractivity contribution in [2.75, 3.05) is 6.61 Å². The average molecular weight is 166 g/mol. The third-order valence-electron chi connectivity index (χ3n) is 1.95. The Labute approximate surface area is 66.7 Å². The molecule has 0 aliphatic heterocycles. The molecule has 0 aliphatic carbocycles. The van der Waals surface area contributed by atoms with E-state index in [0.717, 1.165) is 0 Å². The van der Waals surface area contributed by atoms with Crippen LogP contribution >= 0.6 is 0 Å². The maximum atomic E-state index is 11.6. The van der Waals surface area contributed by atoms with Gasteiger partial charge in [0.05, 0.1) is 6.61 Å². The number of ether oxygens (including phenoxy) is 1. The van der Waals surface area contributed by atoms with Gasteiger partial charge in [0.1, 0.15) is 0 Å². The second-order valence-corrected chi connectivity index (χ2v) is 3.86. The maximum absolute atomic E-state index is 11.6. The SMILES string of the molecule is C[C@@H](COC(F)F)C(C)(C)C. The molecule has 0 aromatic carbocycles. The molecule has 0 aliphatic rings. The lowest BCUT2D eigenvalue weighted by atomic mass is 9.83. The third-order valence-corrected chi connectivity index (χ3v) is 1.95. The number of halogens is 2. The highest BCUT2D eigenvalue weighted by Gasteiger charge is 2.21. The Morgan fingerprint density at radius 3 is 2.00 bits per heavy atom. The second-order valence-electron chi connectivity index (χ2n) is 3.86. The molecule has 0 radical (unpaired) electrons. The van der Waals surface area contributed by atoms with Crippen LogP contribution < -0.4 is 0 Å². The maximum Gasteiger partial charge on any atom is 0.345 e. The fourth-order valence-electron chi connectivity index (χ4n) is 0.467. The summed E-state index contributed by atoms with van der Waals surface area (Å²) in [6.45, 7) is 5.41. The summed E-state index contributed by atoms with van der Waals surface area (Å²) in [5.74, 6) is 0.150. The van der Waals surface area contributed by atoms with Gasteiger partial charge in [0.25, 0.3) is 0 Å². The molecule has 0 aromatic rings. The van der Waals surface area contributed by atoms with Crippen LogP contribution in [0.3, 0.4) is 0 Å². The Morgan fingerprint density at radius 1 is 1.27 bits per heavy atom. The number of hydrogen-bond donors (Lipinski definition) is 0. The first-order valence-electron chi connectivity index (χ1n) is 3.74. The molecule has 0 bridgehead atoms. The molecule has 0 saturated heterocycles. The van der Waals surface area contributed by atoms with Crippen molar-refractivity contribution in [3.05, 3.63) is 0 Å². The van der Waals surface area contributed by atoms with Crippen LogP contribution in [0.1, 0.15) is 27.7 Å². The standard InChI is InChI=1S/C8H16F2O/c1-6(8(2,3)4)5-11-7(9)10/h6-7H,5H2,1-4H3/t6-/m0/s1. The van der Waals surface area contributed by atoms with Gasteiger partial charge < -0.3 is 4.74 Å². The van der Waals surface area contributed by atoms with E-state index in [1.54, 1.807) is 0 Å². The zero-order chi connectivity index (χ0) is 9.07. The van der Waals surface area contributed by atoms with Crippen LogP contribution in [0.2, 0.25) is 0 Å². The lowest BCUT2D eigenvalue weighted by molar-refractivity contribution is -0.143. The van der Waals surface area contributed by atoms with Crippen molar-refractivity contribution in [2.24, 2.45) is 11.3 Å². The highest BCUT2D eigenvalue weighted by atomic mass is 19.3. The first-order chi connectivity index (χ1) is 4.84. The first-order valence-corrected chi connectivity index (χ1v) is 3.74. The van der Waals surface area contributed by atoms with E-state index in [1.165, 1.54) is 0 Å². The monoisotopic (exact) mass is 166 g/mol. The smallest absolute Gasteiger partial charge is 0.323 e. The van der Waals surface area contributed by atoms with E-state index in [2.05, 4.69) is 4.74 Å². The molecule has 1 atom stereocenters. The minimum Gasteiger partial charge on any atom is -0.323 e. The molecule has 11 heavy (non-hydrogen) atoms. The Morgan fingerprint density at radius 2 is 1.73 bits per heavy atom. The van der Waals surface area contributed by atoms with Gasteiger partial charge in [-0.05, 0) is 11.3 Å². The Bertz CT molecular complexity index is 107. The molecule has 3 heteroatoms. The van der Waals surface area contributed by atoms with Crippen LogP contribution in [0.15, 0.2) is 0 Å². The van der Waals surface area contributed by atoms with Crippen LogP contribution in [0.5, 0.6) is 0 Å². The van der Waals surface area contributed by atoms with Crippen molar-refractivity contribution < 1.29 is 13.5 Å². The summed E-state index contributed by atoms with van der Waals surface area (Å²) < 4.78 is 27.3. The van der Waals surface area contributed by atoms with Gasteiger partial charge in [-0.15, -0.1) is 0 Å². The zero-order valence-electron chi connectivity index (χ0n) is 7.53. The quantitative estimate of drug-likeness (QED) is 0.626. The van der Waals surface area contributed by atoms with Crippen molar-refractivity contribution in [1.29, 1.82) is 0 Å². The second kappa shape index (κ2) is 4.00. The first kappa shape index (κ1) is 10.8. The summed E-state index contributed by atoms with van der Waals surface area (Å²) in [7, 11) is 0. The molecule has 1 nitrogen and oxygen atoms in total. The predicted octanol–water partition coefficient (Wildman–Crippen LogP) is 2.91. The highest BCUT2D eigenvalue weighted by Crippen LogP contribution is 2.25. The van der Waals surface area contributed by atoms with Crippen molar-refractivity contribution in [1.82, 2.24) is 0 Å². The topological polar surface area (TPSA) is 9.23 Å². The van der Waals surface area contributed by atoms with Crippen molar-refractivity contribution in [2.45, 2.75) is 34.3 Å². The van der Waals surface area contributed by atoms with Crippen molar-refractivity contribution in [3.63, 3.8) is 0 Å². The minimum absolute atomic E-state index is 0.0366. The van der Waals surface area contributed by atoms with Gasteiger partial charge in [0, 0.05) is 0 Å². The lowest BCUT2D eigenvalue weighted by Gasteiger charge is -2.26. The van der Waals surface area contributed by atoms with E-state index in [9.17, 15) is 8.78 Å². The fourth-order valence-corrected chi connectivity index (χ4v) is 0.467. The van der Waals surface area contributed by atoms with Gasteiger partial charge in [0.15, 0.2) is 0 Å². The number of hydrogen-bond acceptors (Lipinski definition) is 1. The van der Waals surface area contributed by atoms with Crippen LogP contribution in [-0.4, -0.2) is 13.2 Å². The molecule has 0 N–H and O–H groups in total. The molecule has 0 aromatic heterocycles. The fraction of sp³-hybridized carbons (Fsp3) is 1.00. The summed E-state index contributed by atoms with van der Waals surface area (Å²) in [5.41, 5.74) is 0.0366. The van der Waals surface area contributed by atoms with Crippen LogP contribution in [0.4, 0.5) is 8.78 Å². The summed E-state index contributed by atoms with van der Waals surface area (Å²) in [5, 5.41) is 0. The van der Waals surface area contributed by atoms with Crippen molar-refractivity contribution >= 4 is 0 Å². The third kappa shape index (κ3) is 5.13. The van der Waals surface area contributed by atoms with E-state index >= 15 is 0 Å². The zero-order valence-corrected chi connectivity index (χ0v) is 7.53. The normalized spacial score (nSPS) is 15.5. The summed E-state index contributed by atoms with van der Waals surface area (Å²) in [6.07, 6.45) is 0. The predicted molar refractivity (Wildman–Crippen MR) is 40.6 cm³/mol. The van der Waals surface area contributed by atoms with Gasteiger partial charge in [-0.25, -0.2) is 0 Å². The molecule has 0 saturated carbocycles. The van der Waals surface area contributed by atoms with E-state index in [-0.39, 0.29) is 17.9 Å². The van der Waals surface area contributed by atoms with Crippen LogP contribution in [0.25, 0.3) is 0 Å². The van der Waals surface area contributed by atoms with Gasteiger partial charge in [0.2, 0.25) is 0 Å². The van der Waals surface area contributed by atoms with Gasteiger partial charge in [-0.3, -0.25) is 0 Å². The largest absolute Gasteiger partial charge is 0.345 e. The number of rotatable bonds is 3. The minimum atomic E-state index is -2.64. The van der Waals surface area contributed by atoms with E-state index in [1.807, 2.05) is 27.7 Å². The van der Waals surface area contributed by atoms with E-state index in [4.69, 9.17) is 0 Å². The summed E-state index contributed by atoms with van der Waals surface area (Å²) in [6, 6.07) is 0. The molecular formula is C8H16F2O. The van der Waals surface area contributed by atoms with Crippen LogP contribution in [0, 0.1) is 11.3 Å². The Kier molecular flexibility index (Phi) is 3.93. The number of alkyl halides is 2. The molecule has 0 rings (SSSR count). The highest BCUT2D eigenvalue weighted by molar-refractivity contribution is 4.68. The van der Waals surface area contributed by atoms with Gasteiger partial charge >= 0.3 is 6.61 Å². The van der Waals surface area contributed by atoms with E-state index in [0.29, 0.717) is 0 Å². The van der Waals surface area contributed by atoms with Gasteiger partial charge in [-0.1, -0.05) is 27.7 Å². The molecule has 0 fully saturated rings. The molecular weight excluding hydrogens is 150 g/mol. The average Bonchev–Trinajstić information content (AvgIpc) is 1.80. The van der Waals surface area contributed by atoms with Gasteiger partial charge in [-0.2, -0.15) is 8.78 Å². The molecule has 0 amide bonds. The molecule has 0 unspecified atom stereocenters. The molecule has 0 spiro atoms. The van der Waals surface area contributed by atoms with Crippen molar-refractivity contribution in [3.8, 4) is 0 Å². The molecule has 0 heterocycles. The molecule has 68 valence electrons. The van der Waals surface area contributed by atoms with E-state index < -0.39 is 6.61 Å². The lowest BCUT2D eigenvalue weighted by Crippen LogP contribution is -2.23. The summed E-state index contributed by atoms with van der Waals surface area (Å²) >= 11 is 0.